The molecule has 1 saturated heterocycles. The Morgan fingerprint density at radius 2 is 2.38 bits per heavy atom. The van der Waals surface area contributed by atoms with E-state index in [0.717, 1.165) is 0 Å². The lowest BCUT2D eigenvalue weighted by molar-refractivity contribution is -0.122. The molecule has 84 valence electrons. The molecule has 1 aromatic heterocycles. The van der Waals surface area contributed by atoms with Gasteiger partial charge < -0.3 is 10.6 Å². The number of aromatic nitrogens is 2. The molecule has 0 saturated carbocycles. The molecule has 2 N–H and O–H groups in total. The van der Waals surface area contributed by atoms with Crippen LogP contribution in [0.1, 0.15) is 23.3 Å². The van der Waals surface area contributed by atoms with Crippen molar-refractivity contribution in [1.82, 2.24) is 20.6 Å². The zero-order chi connectivity index (χ0) is 11.4. The van der Waals surface area contributed by atoms with Gasteiger partial charge in [-0.25, -0.2) is 4.98 Å². The van der Waals surface area contributed by atoms with E-state index in [9.17, 15) is 9.59 Å². The minimum absolute atomic E-state index is 0.0211. The van der Waals surface area contributed by atoms with Crippen molar-refractivity contribution in [2.24, 2.45) is 0 Å². The second kappa shape index (κ2) is 4.69. The number of carbonyl (C=O) groups is 2. The third-order valence-corrected chi connectivity index (χ3v) is 2.40. The van der Waals surface area contributed by atoms with Gasteiger partial charge in [-0.1, -0.05) is 0 Å². The minimum atomic E-state index is -0.255. The maximum Gasteiger partial charge on any atom is 0.271 e. The number of nitrogens with zero attached hydrogens (tertiary/aromatic N) is 2. The second-order valence-corrected chi connectivity index (χ2v) is 3.60. The summed E-state index contributed by atoms with van der Waals surface area (Å²) in [5.41, 5.74) is 0.291. The Balaban J connectivity index is 1.91. The van der Waals surface area contributed by atoms with Crippen molar-refractivity contribution in [2.75, 3.05) is 6.54 Å². The first-order chi connectivity index (χ1) is 7.75. The molecule has 2 rings (SSSR count). The van der Waals surface area contributed by atoms with Crippen LogP contribution in [0.25, 0.3) is 0 Å². The smallest absolute Gasteiger partial charge is 0.271 e. The van der Waals surface area contributed by atoms with E-state index in [2.05, 4.69) is 20.6 Å². The highest BCUT2D eigenvalue weighted by atomic mass is 16.2. The number of hydrogen-bond acceptors (Lipinski definition) is 4. The van der Waals surface area contributed by atoms with Gasteiger partial charge in [-0.2, -0.15) is 0 Å². The number of hydrogen-bond donors (Lipinski definition) is 2. The average molecular weight is 220 g/mol. The van der Waals surface area contributed by atoms with E-state index in [0.29, 0.717) is 25.1 Å². The lowest BCUT2D eigenvalue weighted by atomic mass is 10.1. The van der Waals surface area contributed by atoms with Gasteiger partial charge in [0.25, 0.3) is 5.91 Å². The van der Waals surface area contributed by atoms with Gasteiger partial charge in [0.1, 0.15) is 5.69 Å². The van der Waals surface area contributed by atoms with Crippen LogP contribution in [0.5, 0.6) is 0 Å². The number of nitrogens with one attached hydrogen (secondary N) is 2. The van der Waals surface area contributed by atoms with E-state index < -0.39 is 0 Å². The third kappa shape index (κ3) is 2.53. The zero-order valence-corrected chi connectivity index (χ0v) is 8.64. The van der Waals surface area contributed by atoms with Gasteiger partial charge in [-0.3, -0.25) is 14.6 Å². The van der Waals surface area contributed by atoms with Crippen molar-refractivity contribution in [1.29, 1.82) is 0 Å². The fraction of sp³-hybridized carbons (Fsp3) is 0.400. The highest BCUT2D eigenvalue weighted by molar-refractivity contribution is 5.92. The number of carbonyl (C=O) groups excluding carboxylic acids is 2. The maximum atomic E-state index is 11.7. The van der Waals surface area contributed by atoms with Gasteiger partial charge >= 0.3 is 0 Å². The van der Waals surface area contributed by atoms with Crippen LogP contribution in [-0.4, -0.2) is 34.4 Å². The Kier molecular flexibility index (Phi) is 3.09. The van der Waals surface area contributed by atoms with Crippen LogP contribution in [0.2, 0.25) is 0 Å². The zero-order valence-electron chi connectivity index (χ0n) is 8.64. The summed E-state index contributed by atoms with van der Waals surface area (Å²) in [5, 5.41) is 5.50. The van der Waals surface area contributed by atoms with Crippen LogP contribution >= 0.6 is 0 Å². The van der Waals surface area contributed by atoms with E-state index in [-0.39, 0.29) is 17.9 Å². The van der Waals surface area contributed by atoms with Crippen molar-refractivity contribution in [2.45, 2.75) is 18.9 Å². The summed E-state index contributed by atoms with van der Waals surface area (Å²) in [7, 11) is 0. The fourth-order valence-corrected chi connectivity index (χ4v) is 1.53. The molecule has 0 aromatic carbocycles. The van der Waals surface area contributed by atoms with Crippen LogP contribution in [0.4, 0.5) is 0 Å². The number of amides is 2. The van der Waals surface area contributed by atoms with E-state index >= 15 is 0 Å². The van der Waals surface area contributed by atoms with E-state index in [1.807, 2.05) is 0 Å². The average Bonchev–Trinajstić information content (AvgIpc) is 2.33. The molecular formula is C10H12N4O2. The Hall–Kier alpha value is -1.98. The molecule has 2 heterocycles. The van der Waals surface area contributed by atoms with Crippen LogP contribution in [-0.2, 0) is 4.79 Å². The Labute approximate surface area is 92.5 Å². The standard InChI is InChI=1S/C10H12N4O2/c15-9-2-1-7(5-13-9)14-10(16)8-6-11-3-4-12-8/h3-4,6-7H,1-2,5H2,(H,13,15)(H,14,16). The predicted octanol–water partition coefficient (Wildman–Crippen LogP) is -0.515. The highest BCUT2D eigenvalue weighted by Crippen LogP contribution is 2.03. The Bertz CT molecular complexity index is 383. The molecule has 6 nitrogen and oxygen atoms in total. The number of rotatable bonds is 2. The van der Waals surface area contributed by atoms with Gasteiger partial charge in [0.15, 0.2) is 0 Å². The minimum Gasteiger partial charge on any atom is -0.354 e. The molecule has 0 spiro atoms. The second-order valence-electron chi connectivity index (χ2n) is 3.60. The largest absolute Gasteiger partial charge is 0.354 e. The third-order valence-electron chi connectivity index (χ3n) is 2.40. The molecule has 1 unspecified atom stereocenters. The molecule has 1 aliphatic heterocycles. The monoisotopic (exact) mass is 220 g/mol. The molecule has 2 amide bonds. The maximum absolute atomic E-state index is 11.7. The van der Waals surface area contributed by atoms with Gasteiger partial charge in [0.2, 0.25) is 5.91 Å². The van der Waals surface area contributed by atoms with Crippen molar-refractivity contribution in [3.8, 4) is 0 Å². The van der Waals surface area contributed by atoms with E-state index in [1.165, 1.54) is 18.6 Å². The Morgan fingerprint density at radius 3 is 3.00 bits per heavy atom. The molecule has 1 fully saturated rings. The summed E-state index contributed by atoms with van der Waals surface area (Å²) in [6.07, 6.45) is 5.51. The first-order valence-electron chi connectivity index (χ1n) is 5.09. The first-order valence-corrected chi connectivity index (χ1v) is 5.09. The van der Waals surface area contributed by atoms with Crippen molar-refractivity contribution >= 4 is 11.8 Å². The van der Waals surface area contributed by atoms with Crippen LogP contribution in [0, 0.1) is 0 Å². The molecule has 16 heavy (non-hydrogen) atoms. The van der Waals surface area contributed by atoms with Crippen LogP contribution in [0.3, 0.4) is 0 Å². The van der Waals surface area contributed by atoms with Gasteiger partial charge in [0, 0.05) is 31.4 Å². The van der Waals surface area contributed by atoms with Gasteiger partial charge in [0.05, 0.1) is 6.20 Å². The SMILES string of the molecule is O=C1CCC(NC(=O)c2cnccn2)CN1. The van der Waals surface area contributed by atoms with Gasteiger partial charge in [-0.15, -0.1) is 0 Å². The van der Waals surface area contributed by atoms with E-state index in [1.54, 1.807) is 0 Å². The molecule has 0 radical (unpaired) electrons. The predicted molar refractivity (Wildman–Crippen MR) is 55.5 cm³/mol. The molecule has 1 aliphatic rings. The summed E-state index contributed by atoms with van der Waals surface area (Å²) >= 11 is 0. The summed E-state index contributed by atoms with van der Waals surface area (Å²) in [5.74, 6) is -0.223. The Morgan fingerprint density at radius 1 is 1.50 bits per heavy atom. The van der Waals surface area contributed by atoms with Crippen molar-refractivity contribution in [3.05, 3.63) is 24.3 Å². The highest BCUT2D eigenvalue weighted by Gasteiger charge is 2.20. The molecular weight excluding hydrogens is 208 g/mol. The van der Waals surface area contributed by atoms with Crippen LogP contribution in [0.15, 0.2) is 18.6 Å². The topological polar surface area (TPSA) is 84.0 Å². The number of piperidine rings is 1. The quantitative estimate of drug-likeness (QED) is 0.702. The molecule has 6 heteroatoms. The fourth-order valence-electron chi connectivity index (χ4n) is 1.53. The first kappa shape index (κ1) is 10.5. The summed E-state index contributed by atoms with van der Waals surface area (Å²) in [6, 6.07) is -0.0211. The molecule has 1 aromatic rings. The summed E-state index contributed by atoms with van der Waals surface area (Å²) in [6.45, 7) is 0.477. The molecule has 1 atom stereocenters. The molecule has 0 bridgehead atoms. The lowest BCUT2D eigenvalue weighted by Crippen LogP contribution is -2.47. The van der Waals surface area contributed by atoms with Gasteiger partial charge in [-0.05, 0) is 6.42 Å². The van der Waals surface area contributed by atoms with Crippen molar-refractivity contribution < 1.29 is 9.59 Å². The van der Waals surface area contributed by atoms with Crippen molar-refractivity contribution in [3.63, 3.8) is 0 Å². The summed E-state index contributed by atoms with van der Waals surface area (Å²) < 4.78 is 0. The molecule has 0 aliphatic carbocycles. The van der Waals surface area contributed by atoms with Crippen LogP contribution < -0.4 is 10.6 Å². The van der Waals surface area contributed by atoms with E-state index in [4.69, 9.17) is 0 Å². The lowest BCUT2D eigenvalue weighted by Gasteiger charge is -2.23. The summed E-state index contributed by atoms with van der Waals surface area (Å²) in [4.78, 5) is 30.3. The normalized spacial score (nSPS) is 20.0.